The van der Waals surface area contributed by atoms with E-state index in [9.17, 15) is 9.18 Å². The first-order valence-corrected chi connectivity index (χ1v) is 7.54. The molecule has 6 heteroatoms. The molecule has 0 atom stereocenters. The van der Waals surface area contributed by atoms with Crippen LogP contribution in [-0.2, 0) is 12.2 Å². The van der Waals surface area contributed by atoms with E-state index in [4.69, 9.17) is 0 Å². The molecule has 0 aliphatic heterocycles. The van der Waals surface area contributed by atoms with E-state index in [2.05, 4.69) is 25.9 Å². The second kappa shape index (κ2) is 6.34. The lowest BCUT2D eigenvalue weighted by molar-refractivity contribution is 0.624. The van der Waals surface area contributed by atoms with Gasteiger partial charge in [-0.1, -0.05) is 13.0 Å². The van der Waals surface area contributed by atoms with Crippen LogP contribution in [0.1, 0.15) is 18.4 Å². The summed E-state index contributed by atoms with van der Waals surface area (Å²) in [5.41, 5.74) is 0.556. The van der Waals surface area contributed by atoms with E-state index in [0.29, 0.717) is 22.5 Å². The number of hydrogen-bond acceptors (Lipinski definition) is 3. The van der Waals surface area contributed by atoms with E-state index in [0.717, 1.165) is 10.6 Å². The van der Waals surface area contributed by atoms with Crippen LogP contribution in [0.15, 0.2) is 38.4 Å². The number of halogens is 2. The van der Waals surface area contributed by atoms with Crippen molar-refractivity contribution in [2.75, 3.05) is 0 Å². The minimum atomic E-state index is -0.267. The van der Waals surface area contributed by atoms with Gasteiger partial charge in [-0.2, -0.15) is 0 Å². The van der Waals surface area contributed by atoms with Crippen LogP contribution >= 0.6 is 27.7 Å². The Morgan fingerprint density at radius 3 is 2.95 bits per heavy atom. The maximum absolute atomic E-state index is 13.0. The lowest BCUT2D eigenvalue weighted by atomic mass is 10.3. The zero-order chi connectivity index (χ0) is 13.8. The number of hydrogen-bond donors (Lipinski definition) is 1. The largest absolute Gasteiger partial charge is 0.309 e. The van der Waals surface area contributed by atoms with Crippen molar-refractivity contribution in [2.45, 2.75) is 24.0 Å². The highest BCUT2D eigenvalue weighted by Crippen LogP contribution is 2.22. The van der Waals surface area contributed by atoms with Crippen LogP contribution in [-0.4, -0.2) is 9.97 Å². The van der Waals surface area contributed by atoms with Gasteiger partial charge >= 0.3 is 0 Å². The highest BCUT2D eigenvalue weighted by Gasteiger charge is 2.07. The number of aryl methyl sites for hydroxylation is 1. The van der Waals surface area contributed by atoms with Crippen molar-refractivity contribution in [2.24, 2.45) is 0 Å². The molecule has 0 spiro atoms. The van der Waals surface area contributed by atoms with Gasteiger partial charge in [-0.15, -0.1) is 11.8 Å². The van der Waals surface area contributed by atoms with Gasteiger partial charge < -0.3 is 4.98 Å². The van der Waals surface area contributed by atoms with Crippen molar-refractivity contribution in [1.82, 2.24) is 9.97 Å². The van der Waals surface area contributed by atoms with Crippen LogP contribution in [0.5, 0.6) is 0 Å². The summed E-state index contributed by atoms with van der Waals surface area (Å²) in [6.07, 6.45) is 0.683. The quantitative estimate of drug-likeness (QED) is 0.864. The summed E-state index contributed by atoms with van der Waals surface area (Å²) in [7, 11) is 0. The molecule has 0 saturated heterocycles. The van der Waals surface area contributed by atoms with Gasteiger partial charge in [-0.05, 0) is 40.5 Å². The normalized spacial score (nSPS) is 10.7. The van der Waals surface area contributed by atoms with Crippen molar-refractivity contribution in [3.8, 4) is 0 Å². The van der Waals surface area contributed by atoms with Gasteiger partial charge in [0.1, 0.15) is 16.1 Å². The lowest BCUT2D eigenvalue weighted by Crippen LogP contribution is -2.14. The van der Waals surface area contributed by atoms with Gasteiger partial charge in [0, 0.05) is 4.90 Å². The SMILES string of the molecule is CCc1nc(CSc2cccc(F)c2)[nH]c(=O)c1Br. The minimum absolute atomic E-state index is 0.179. The molecule has 1 N–H and O–H groups in total. The lowest BCUT2D eigenvalue weighted by Gasteiger charge is -2.05. The van der Waals surface area contributed by atoms with E-state index < -0.39 is 0 Å². The Morgan fingerprint density at radius 1 is 1.47 bits per heavy atom. The highest BCUT2D eigenvalue weighted by molar-refractivity contribution is 9.10. The number of aromatic nitrogens is 2. The summed E-state index contributed by atoms with van der Waals surface area (Å²) in [6, 6.07) is 6.35. The molecule has 3 nitrogen and oxygen atoms in total. The predicted molar refractivity (Wildman–Crippen MR) is 77.9 cm³/mol. The monoisotopic (exact) mass is 342 g/mol. The molecular formula is C13H12BrFN2OS. The summed E-state index contributed by atoms with van der Waals surface area (Å²) < 4.78 is 13.5. The molecule has 0 aliphatic carbocycles. The van der Waals surface area contributed by atoms with E-state index >= 15 is 0 Å². The van der Waals surface area contributed by atoms with Crippen molar-refractivity contribution < 1.29 is 4.39 Å². The molecule has 1 aromatic carbocycles. The average Bonchev–Trinajstić information content (AvgIpc) is 2.40. The summed E-state index contributed by atoms with van der Waals surface area (Å²) >= 11 is 4.65. The van der Waals surface area contributed by atoms with Gasteiger partial charge in [-0.25, -0.2) is 9.37 Å². The zero-order valence-electron chi connectivity index (χ0n) is 10.2. The van der Waals surface area contributed by atoms with Gasteiger partial charge in [-0.3, -0.25) is 4.79 Å². The smallest absolute Gasteiger partial charge is 0.265 e. The molecule has 1 heterocycles. The molecule has 2 rings (SSSR count). The topological polar surface area (TPSA) is 45.8 Å². The standard InChI is InChI=1S/C13H12BrFN2OS/c1-2-10-12(14)13(18)17-11(16-10)7-19-9-5-3-4-8(15)6-9/h3-6H,2,7H2,1H3,(H,16,17,18). The molecule has 2 aromatic rings. The molecule has 0 amide bonds. The average molecular weight is 343 g/mol. The Hall–Kier alpha value is -1.14. The summed E-state index contributed by atoms with van der Waals surface area (Å²) in [4.78, 5) is 19.6. The van der Waals surface area contributed by atoms with Crippen molar-refractivity contribution >= 4 is 27.7 Å². The number of thioether (sulfide) groups is 1. The second-order valence-electron chi connectivity index (χ2n) is 3.87. The Bertz CT molecular complexity index is 645. The van der Waals surface area contributed by atoms with Crippen molar-refractivity contribution in [1.29, 1.82) is 0 Å². The number of aromatic amines is 1. The van der Waals surface area contributed by atoms with E-state index in [1.165, 1.54) is 23.9 Å². The maximum Gasteiger partial charge on any atom is 0.265 e. The van der Waals surface area contributed by atoms with Gasteiger partial charge in [0.05, 0.1) is 11.4 Å². The van der Waals surface area contributed by atoms with Gasteiger partial charge in [0.15, 0.2) is 0 Å². The van der Waals surface area contributed by atoms with Gasteiger partial charge in [0.2, 0.25) is 0 Å². The molecule has 0 bridgehead atoms. The zero-order valence-corrected chi connectivity index (χ0v) is 12.6. The van der Waals surface area contributed by atoms with Crippen LogP contribution in [0.25, 0.3) is 0 Å². The molecule has 0 radical (unpaired) electrons. The van der Waals surface area contributed by atoms with Gasteiger partial charge in [0.25, 0.3) is 5.56 Å². The number of rotatable bonds is 4. The Morgan fingerprint density at radius 2 is 2.26 bits per heavy atom. The third-order valence-electron chi connectivity index (χ3n) is 2.49. The maximum atomic E-state index is 13.0. The fourth-order valence-electron chi connectivity index (χ4n) is 1.57. The molecule has 19 heavy (non-hydrogen) atoms. The summed E-state index contributed by atoms with van der Waals surface area (Å²) in [5.74, 6) is 0.828. The van der Waals surface area contributed by atoms with E-state index in [1.54, 1.807) is 6.07 Å². The molecule has 0 saturated carbocycles. The van der Waals surface area contributed by atoms with Crippen molar-refractivity contribution in [3.63, 3.8) is 0 Å². The third kappa shape index (κ3) is 3.67. The Labute approximate surface area is 122 Å². The molecule has 100 valence electrons. The Balaban J connectivity index is 2.16. The first kappa shape index (κ1) is 14.3. The van der Waals surface area contributed by atoms with Crippen LogP contribution < -0.4 is 5.56 Å². The molecule has 0 aliphatic rings. The fourth-order valence-corrected chi connectivity index (χ4v) is 2.85. The first-order chi connectivity index (χ1) is 9.10. The fraction of sp³-hybridized carbons (Fsp3) is 0.231. The van der Waals surface area contributed by atoms with Crippen LogP contribution in [0.3, 0.4) is 0 Å². The number of nitrogens with one attached hydrogen (secondary N) is 1. The van der Waals surface area contributed by atoms with E-state index in [-0.39, 0.29) is 11.4 Å². The highest BCUT2D eigenvalue weighted by atomic mass is 79.9. The summed E-state index contributed by atoms with van der Waals surface area (Å²) in [5, 5.41) is 0. The molecular weight excluding hydrogens is 331 g/mol. The minimum Gasteiger partial charge on any atom is -0.309 e. The van der Waals surface area contributed by atoms with E-state index in [1.807, 2.05) is 13.0 Å². The van der Waals surface area contributed by atoms with Crippen molar-refractivity contribution in [3.05, 3.63) is 56.4 Å². The third-order valence-corrected chi connectivity index (χ3v) is 4.31. The van der Waals surface area contributed by atoms with Crippen LogP contribution in [0.4, 0.5) is 4.39 Å². The van der Waals surface area contributed by atoms with Crippen LogP contribution in [0.2, 0.25) is 0 Å². The number of benzene rings is 1. The number of H-pyrrole nitrogens is 1. The Kier molecular flexibility index (Phi) is 4.76. The van der Waals surface area contributed by atoms with Crippen LogP contribution in [0, 0.1) is 5.82 Å². The number of nitrogens with zero attached hydrogens (tertiary/aromatic N) is 1. The molecule has 1 aromatic heterocycles. The molecule has 0 fully saturated rings. The summed E-state index contributed by atoms with van der Waals surface area (Å²) in [6.45, 7) is 1.94. The molecule has 0 unspecified atom stereocenters. The second-order valence-corrected chi connectivity index (χ2v) is 5.71. The first-order valence-electron chi connectivity index (χ1n) is 5.76. The predicted octanol–water partition coefficient (Wildman–Crippen LogP) is 3.53.